The third kappa shape index (κ3) is 5.17. The van der Waals surface area contributed by atoms with Crippen molar-refractivity contribution >= 4 is 28.3 Å². The lowest BCUT2D eigenvalue weighted by Crippen LogP contribution is -2.50. The Kier molecular flexibility index (Phi) is 7.85. The van der Waals surface area contributed by atoms with Crippen molar-refractivity contribution < 1.29 is 13.2 Å². The minimum absolute atomic E-state index is 0. The van der Waals surface area contributed by atoms with E-state index in [1.165, 1.54) is 4.31 Å². The monoisotopic (exact) mass is 402 g/mol. The average Bonchev–Trinajstić information content (AvgIpc) is 2.68. The van der Waals surface area contributed by atoms with Crippen LogP contribution in [0, 0.1) is 0 Å². The third-order valence-corrected chi connectivity index (χ3v) is 6.74. The van der Waals surface area contributed by atoms with Gasteiger partial charge in [-0.1, -0.05) is 18.2 Å². The number of nitrogens with one attached hydrogen (secondary N) is 1. The summed E-state index contributed by atoms with van der Waals surface area (Å²) in [6.45, 7) is 6.26. The van der Waals surface area contributed by atoms with Crippen LogP contribution in [0.25, 0.3) is 0 Å². The molecule has 0 unspecified atom stereocenters. The Hall–Kier alpha value is -1.19. The van der Waals surface area contributed by atoms with Gasteiger partial charge in [-0.25, -0.2) is 8.42 Å². The van der Waals surface area contributed by atoms with Gasteiger partial charge in [-0.2, -0.15) is 4.31 Å². The quantitative estimate of drug-likeness (QED) is 0.763. The molecule has 0 aromatic heterocycles. The molecule has 0 spiro atoms. The third-order valence-electron chi connectivity index (χ3n) is 4.82. The summed E-state index contributed by atoms with van der Waals surface area (Å²) in [5, 5.41) is 3.24. The molecule has 0 aliphatic carbocycles. The SMILES string of the molecule is Cl.O=C(CCN1CCN(S(=O)(=O)c2ccccc2)CC1)N1CCNCC1. The molecule has 3 rings (SSSR count). The molecule has 7 nitrogen and oxygen atoms in total. The predicted octanol–water partition coefficient (Wildman–Crippen LogP) is 0.237. The molecule has 2 aliphatic heterocycles. The number of amides is 1. The molecule has 2 heterocycles. The molecule has 2 fully saturated rings. The summed E-state index contributed by atoms with van der Waals surface area (Å²) < 4.78 is 26.8. The summed E-state index contributed by atoms with van der Waals surface area (Å²) in [6, 6.07) is 8.56. The van der Waals surface area contributed by atoms with Crippen LogP contribution in [-0.4, -0.2) is 87.3 Å². The second kappa shape index (κ2) is 9.66. The van der Waals surface area contributed by atoms with Gasteiger partial charge in [0.2, 0.25) is 15.9 Å². The molecular weight excluding hydrogens is 376 g/mol. The van der Waals surface area contributed by atoms with Gasteiger partial charge >= 0.3 is 0 Å². The van der Waals surface area contributed by atoms with Crippen molar-refractivity contribution in [3.8, 4) is 0 Å². The number of carbonyl (C=O) groups is 1. The average molecular weight is 403 g/mol. The van der Waals surface area contributed by atoms with Crippen LogP contribution in [0.5, 0.6) is 0 Å². The van der Waals surface area contributed by atoms with Gasteiger partial charge in [0.25, 0.3) is 0 Å². The molecule has 1 N–H and O–H groups in total. The maximum absolute atomic E-state index is 12.6. The fraction of sp³-hybridized carbons (Fsp3) is 0.588. The zero-order chi connectivity index (χ0) is 17.7. The standard InChI is InChI=1S/C17H26N4O3S.ClH/c22-17(20-10-7-18-8-11-20)6-9-19-12-14-21(15-13-19)25(23,24)16-4-2-1-3-5-16;/h1-5,18H,6-15H2;1H. The predicted molar refractivity (Wildman–Crippen MR) is 103 cm³/mol. The highest BCUT2D eigenvalue weighted by molar-refractivity contribution is 7.89. The zero-order valence-corrected chi connectivity index (χ0v) is 16.5. The van der Waals surface area contributed by atoms with Gasteiger partial charge in [-0.05, 0) is 12.1 Å². The number of benzene rings is 1. The molecule has 9 heteroatoms. The molecule has 0 atom stereocenters. The smallest absolute Gasteiger partial charge is 0.243 e. The van der Waals surface area contributed by atoms with Gasteiger partial charge in [0, 0.05) is 65.3 Å². The highest BCUT2D eigenvalue weighted by atomic mass is 35.5. The highest BCUT2D eigenvalue weighted by Gasteiger charge is 2.28. The van der Waals surface area contributed by atoms with E-state index in [1.54, 1.807) is 24.3 Å². The van der Waals surface area contributed by atoms with Crippen molar-refractivity contribution in [2.24, 2.45) is 0 Å². The van der Waals surface area contributed by atoms with E-state index in [9.17, 15) is 13.2 Å². The molecule has 2 aliphatic rings. The molecule has 1 amide bonds. The van der Waals surface area contributed by atoms with E-state index in [0.29, 0.717) is 44.0 Å². The lowest BCUT2D eigenvalue weighted by Gasteiger charge is -2.34. The summed E-state index contributed by atoms with van der Waals surface area (Å²) in [7, 11) is -3.41. The van der Waals surface area contributed by atoms with Crippen LogP contribution in [0.15, 0.2) is 35.2 Å². The second-order valence-corrected chi connectivity index (χ2v) is 8.38. The van der Waals surface area contributed by atoms with Crippen LogP contribution >= 0.6 is 12.4 Å². The lowest BCUT2D eigenvalue weighted by atomic mass is 10.2. The van der Waals surface area contributed by atoms with E-state index in [0.717, 1.165) is 26.2 Å². The number of hydrogen-bond acceptors (Lipinski definition) is 5. The summed E-state index contributed by atoms with van der Waals surface area (Å²) in [5.74, 6) is 0.195. The molecule has 1 aromatic rings. The number of sulfonamides is 1. The molecule has 1 aromatic carbocycles. The van der Waals surface area contributed by atoms with Crippen molar-refractivity contribution in [3.05, 3.63) is 30.3 Å². The topological polar surface area (TPSA) is 73.0 Å². The van der Waals surface area contributed by atoms with Gasteiger partial charge in [0.05, 0.1) is 4.90 Å². The van der Waals surface area contributed by atoms with Crippen LogP contribution < -0.4 is 5.32 Å². The van der Waals surface area contributed by atoms with E-state index in [-0.39, 0.29) is 18.3 Å². The van der Waals surface area contributed by atoms with Gasteiger partial charge in [0.15, 0.2) is 0 Å². The number of nitrogens with zero attached hydrogens (tertiary/aromatic N) is 3. The Labute approximate surface area is 161 Å². The van der Waals surface area contributed by atoms with Crippen LogP contribution in [0.1, 0.15) is 6.42 Å². The molecular formula is C17H27ClN4O3S. The first-order chi connectivity index (χ1) is 12.1. The normalized spacial score (nSPS) is 19.8. The van der Waals surface area contributed by atoms with E-state index in [2.05, 4.69) is 10.2 Å². The van der Waals surface area contributed by atoms with E-state index >= 15 is 0 Å². The van der Waals surface area contributed by atoms with Crippen molar-refractivity contribution in [2.45, 2.75) is 11.3 Å². The Bertz CT molecular complexity index is 673. The van der Waals surface area contributed by atoms with Crippen molar-refractivity contribution in [3.63, 3.8) is 0 Å². The van der Waals surface area contributed by atoms with Gasteiger partial charge in [-0.3, -0.25) is 4.79 Å². The number of rotatable bonds is 5. The van der Waals surface area contributed by atoms with Gasteiger partial charge < -0.3 is 15.1 Å². The zero-order valence-electron chi connectivity index (χ0n) is 14.8. The van der Waals surface area contributed by atoms with E-state index in [4.69, 9.17) is 0 Å². The van der Waals surface area contributed by atoms with Crippen molar-refractivity contribution in [1.82, 2.24) is 19.4 Å². The molecule has 0 bridgehead atoms. The highest BCUT2D eigenvalue weighted by Crippen LogP contribution is 2.17. The Morgan fingerprint density at radius 3 is 2.19 bits per heavy atom. The van der Waals surface area contributed by atoms with Crippen LogP contribution in [0.2, 0.25) is 0 Å². The fourth-order valence-corrected chi connectivity index (χ4v) is 4.70. The minimum Gasteiger partial charge on any atom is -0.340 e. The van der Waals surface area contributed by atoms with Crippen molar-refractivity contribution in [1.29, 1.82) is 0 Å². The van der Waals surface area contributed by atoms with Crippen molar-refractivity contribution in [2.75, 3.05) is 58.9 Å². The number of halogens is 1. The van der Waals surface area contributed by atoms with Crippen LogP contribution in [0.4, 0.5) is 0 Å². The first-order valence-electron chi connectivity index (χ1n) is 8.83. The number of hydrogen-bond donors (Lipinski definition) is 1. The largest absolute Gasteiger partial charge is 0.340 e. The Morgan fingerprint density at radius 1 is 0.962 bits per heavy atom. The fourth-order valence-electron chi connectivity index (χ4n) is 3.26. The summed E-state index contributed by atoms with van der Waals surface area (Å²) in [4.78, 5) is 16.6. The molecule has 2 saturated heterocycles. The molecule has 0 saturated carbocycles. The van der Waals surface area contributed by atoms with Crippen LogP contribution in [-0.2, 0) is 14.8 Å². The van der Waals surface area contributed by atoms with Gasteiger partial charge in [0.1, 0.15) is 0 Å². The van der Waals surface area contributed by atoms with Crippen LogP contribution in [0.3, 0.4) is 0 Å². The Morgan fingerprint density at radius 2 is 1.58 bits per heavy atom. The minimum atomic E-state index is -3.41. The molecule has 0 radical (unpaired) electrons. The summed E-state index contributed by atoms with van der Waals surface area (Å²) in [5.41, 5.74) is 0. The van der Waals surface area contributed by atoms with E-state index in [1.807, 2.05) is 11.0 Å². The summed E-state index contributed by atoms with van der Waals surface area (Å²) >= 11 is 0. The number of carbonyl (C=O) groups excluding carboxylic acids is 1. The first-order valence-corrected chi connectivity index (χ1v) is 10.3. The first kappa shape index (κ1) is 21.1. The summed E-state index contributed by atoms with van der Waals surface area (Å²) in [6.07, 6.45) is 0.505. The number of piperazine rings is 2. The molecule has 26 heavy (non-hydrogen) atoms. The maximum Gasteiger partial charge on any atom is 0.243 e. The van der Waals surface area contributed by atoms with E-state index < -0.39 is 10.0 Å². The lowest BCUT2D eigenvalue weighted by molar-refractivity contribution is -0.132. The second-order valence-electron chi connectivity index (χ2n) is 6.44. The molecule has 146 valence electrons. The Balaban J connectivity index is 0.00000243. The maximum atomic E-state index is 12.6. The van der Waals surface area contributed by atoms with Gasteiger partial charge in [-0.15, -0.1) is 12.4 Å².